The molecule has 0 amide bonds. The summed E-state index contributed by atoms with van der Waals surface area (Å²) < 4.78 is 46.0. The normalized spacial score (nSPS) is 18.1. The molecule has 28 heavy (non-hydrogen) atoms. The molecule has 0 unspecified atom stereocenters. The largest absolute Gasteiger partial charge is 0.497 e. The molecule has 1 heterocycles. The van der Waals surface area contributed by atoms with Crippen LogP contribution in [0.2, 0.25) is 0 Å². The number of hydrogen-bond donors (Lipinski definition) is 1. The van der Waals surface area contributed by atoms with E-state index >= 15 is 0 Å². The number of methoxy groups -OCH3 is 2. The minimum Gasteiger partial charge on any atom is -0.497 e. The lowest BCUT2D eigenvalue weighted by Crippen LogP contribution is -2.41. The van der Waals surface area contributed by atoms with E-state index in [1.165, 1.54) is 0 Å². The average Bonchev–Trinajstić information content (AvgIpc) is 2.62. The minimum absolute atomic E-state index is 0.250. The van der Waals surface area contributed by atoms with Crippen LogP contribution in [0, 0.1) is 13.8 Å². The molecule has 3 rings (SSSR count). The molecule has 0 saturated heterocycles. The molecule has 1 N–H and O–H groups in total. The van der Waals surface area contributed by atoms with E-state index in [-0.39, 0.29) is 4.90 Å². The summed E-state index contributed by atoms with van der Waals surface area (Å²) in [6, 6.07) is 8.29. The number of fused-ring (bicyclic) bond motifs is 1. The minimum atomic E-state index is -3.75. The topological polar surface area (TPSA) is 73.9 Å². The monoisotopic (exact) mass is 405 g/mol. The second-order valence-electron chi connectivity index (χ2n) is 7.66. The number of hydrogen-bond acceptors (Lipinski definition) is 5. The van der Waals surface area contributed by atoms with Gasteiger partial charge in [0.25, 0.3) is 0 Å². The Morgan fingerprint density at radius 2 is 1.79 bits per heavy atom. The Labute approximate surface area is 166 Å². The molecule has 7 heteroatoms. The van der Waals surface area contributed by atoms with Crippen LogP contribution in [0.3, 0.4) is 0 Å². The van der Waals surface area contributed by atoms with E-state index in [1.807, 2.05) is 39.0 Å². The molecule has 0 saturated carbocycles. The van der Waals surface area contributed by atoms with Crippen LogP contribution in [0.5, 0.6) is 17.2 Å². The standard InChI is InChI=1S/C21H27NO5S/c1-13-14(2)20(10-9-18(13)26-6)28(23,24)22-17-12-21(3,4)27-19-8-7-15(25-5)11-16(17)19/h7-11,17,22H,12H2,1-6H3/t17-/m1/s1. The lowest BCUT2D eigenvalue weighted by molar-refractivity contribution is 0.0700. The van der Waals surface area contributed by atoms with Gasteiger partial charge in [-0.05, 0) is 69.2 Å². The second kappa shape index (κ2) is 7.29. The lowest BCUT2D eigenvalue weighted by Gasteiger charge is -2.38. The van der Waals surface area contributed by atoms with Gasteiger partial charge in [0, 0.05) is 12.0 Å². The van der Waals surface area contributed by atoms with Crippen molar-refractivity contribution in [1.29, 1.82) is 0 Å². The zero-order valence-corrected chi connectivity index (χ0v) is 17.9. The van der Waals surface area contributed by atoms with Crippen molar-refractivity contribution < 1.29 is 22.6 Å². The molecule has 0 bridgehead atoms. The maximum Gasteiger partial charge on any atom is 0.241 e. The Kier molecular flexibility index (Phi) is 5.34. The van der Waals surface area contributed by atoms with Crippen LogP contribution in [-0.4, -0.2) is 28.2 Å². The van der Waals surface area contributed by atoms with Crippen LogP contribution in [0.25, 0.3) is 0 Å². The van der Waals surface area contributed by atoms with Crippen LogP contribution in [0.1, 0.15) is 43.0 Å². The highest BCUT2D eigenvalue weighted by Gasteiger charge is 2.36. The molecule has 2 aromatic rings. The zero-order valence-electron chi connectivity index (χ0n) is 17.1. The van der Waals surface area contributed by atoms with Crippen molar-refractivity contribution in [3.63, 3.8) is 0 Å². The molecule has 2 aromatic carbocycles. The van der Waals surface area contributed by atoms with Crippen LogP contribution in [0.15, 0.2) is 35.2 Å². The van der Waals surface area contributed by atoms with Gasteiger partial charge in [0.1, 0.15) is 22.8 Å². The molecule has 1 aliphatic heterocycles. The number of rotatable bonds is 5. The molecule has 1 atom stereocenters. The number of nitrogens with one attached hydrogen (secondary N) is 1. The van der Waals surface area contributed by atoms with E-state index in [4.69, 9.17) is 14.2 Å². The van der Waals surface area contributed by atoms with Crippen LogP contribution >= 0.6 is 0 Å². The maximum absolute atomic E-state index is 13.2. The Morgan fingerprint density at radius 1 is 1.07 bits per heavy atom. The van der Waals surface area contributed by atoms with Crippen molar-refractivity contribution >= 4 is 10.0 Å². The van der Waals surface area contributed by atoms with Crippen molar-refractivity contribution in [3.8, 4) is 17.2 Å². The van der Waals surface area contributed by atoms with Crippen molar-refractivity contribution in [2.75, 3.05) is 14.2 Å². The summed E-state index contributed by atoms with van der Waals surface area (Å²) in [5.74, 6) is 1.98. The van der Waals surface area contributed by atoms with Gasteiger partial charge in [-0.15, -0.1) is 0 Å². The Balaban J connectivity index is 2.02. The third-order valence-electron chi connectivity index (χ3n) is 5.17. The van der Waals surface area contributed by atoms with E-state index in [0.717, 1.165) is 11.1 Å². The summed E-state index contributed by atoms with van der Waals surface area (Å²) in [7, 11) is -0.599. The Morgan fingerprint density at radius 3 is 2.43 bits per heavy atom. The predicted molar refractivity (Wildman–Crippen MR) is 108 cm³/mol. The van der Waals surface area contributed by atoms with Gasteiger partial charge in [-0.25, -0.2) is 13.1 Å². The van der Waals surface area contributed by atoms with Crippen molar-refractivity contribution in [2.24, 2.45) is 0 Å². The maximum atomic E-state index is 13.2. The summed E-state index contributed by atoms with van der Waals surface area (Å²) in [6.07, 6.45) is 0.501. The van der Waals surface area contributed by atoms with Gasteiger partial charge < -0.3 is 14.2 Å². The Bertz CT molecular complexity index is 998. The van der Waals surface area contributed by atoms with E-state index in [2.05, 4.69) is 4.72 Å². The summed E-state index contributed by atoms with van der Waals surface area (Å²) >= 11 is 0. The summed E-state index contributed by atoms with van der Waals surface area (Å²) in [4.78, 5) is 0.250. The highest BCUT2D eigenvalue weighted by Crippen LogP contribution is 2.42. The first-order valence-electron chi connectivity index (χ1n) is 9.11. The van der Waals surface area contributed by atoms with Gasteiger partial charge in [-0.1, -0.05) is 0 Å². The zero-order chi connectivity index (χ0) is 20.7. The molecule has 0 aromatic heterocycles. The number of ether oxygens (including phenoxy) is 3. The average molecular weight is 406 g/mol. The van der Waals surface area contributed by atoms with Crippen molar-refractivity contribution in [1.82, 2.24) is 4.72 Å². The van der Waals surface area contributed by atoms with Gasteiger partial charge >= 0.3 is 0 Å². The molecule has 0 radical (unpaired) electrons. The summed E-state index contributed by atoms with van der Waals surface area (Å²) in [6.45, 7) is 7.54. The highest BCUT2D eigenvalue weighted by molar-refractivity contribution is 7.89. The molecule has 1 aliphatic rings. The number of sulfonamides is 1. The highest BCUT2D eigenvalue weighted by atomic mass is 32.2. The fourth-order valence-corrected chi connectivity index (χ4v) is 5.11. The molecule has 0 fully saturated rings. The Hall–Kier alpha value is -2.25. The van der Waals surface area contributed by atoms with E-state index in [9.17, 15) is 8.42 Å². The van der Waals surface area contributed by atoms with Gasteiger partial charge in [0.2, 0.25) is 10.0 Å². The smallest absolute Gasteiger partial charge is 0.241 e. The molecule has 0 spiro atoms. The first kappa shape index (κ1) is 20.5. The molecule has 0 aliphatic carbocycles. The molecule has 152 valence electrons. The predicted octanol–water partition coefficient (Wildman–Crippen LogP) is 3.90. The third-order valence-corrected chi connectivity index (χ3v) is 6.79. The lowest BCUT2D eigenvalue weighted by atomic mass is 9.90. The molecular weight excluding hydrogens is 378 g/mol. The van der Waals surface area contributed by atoms with E-state index in [0.29, 0.717) is 29.2 Å². The summed E-state index contributed by atoms with van der Waals surface area (Å²) in [5.41, 5.74) is 1.74. The fourth-order valence-electron chi connectivity index (χ4n) is 3.60. The van der Waals surface area contributed by atoms with E-state index in [1.54, 1.807) is 33.3 Å². The number of benzene rings is 2. The van der Waals surface area contributed by atoms with Crippen molar-refractivity contribution in [3.05, 3.63) is 47.0 Å². The second-order valence-corrected chi connectivity index (χ2v) is 9.34. The van der Waals surface area contributed by atoms with Crippen LogP contribution < -0.4 is 18.9 Å². The third kappa shape index (κ3) is 3.82. The quantitative estimate of drug-likeness (QED) is 0.817. The molecular formula is C21H27NO5S. The van der Waals surface area contributed by atoms with Gasteiger partial charge in [-0.3, -0.25) is 0 Å². The van der Waals surface area contributed by atoms with Crippen LogP contribution in [-0.2, 0) is 10.0 Å². The van der Waals surface area contributed by atoms with Crippen LogP contribution in [0.4, 0.5) is 0 Å². The first-order valence-corrected chi connectivity index (χ1v) is 10.6. The van der Waals surface area contributed by atoms with Gasteiger partial charge in [0.05, 0.1) is 25.2 Å². The van der Waals surface area contributed by atoms with Crippen molar-refractivity contribution in [2.45, 2.75) is 50.7 Å². The van der Waals surface area contributed by atoms with Gasteiger partial charge in [-0.2, -0.15) is 0 Å². The summed E-state index contributed by atoms with van der Waals surface area (Å²) in [5, 5.41) is 0. The fraction of sp³-hybridized carbons (Fsp3) is 0.429. The molecule has 6 nitrogen and oxygen atoms in total. The van der Waals surface area contributed by atoms with Gasteiger partial charge in [0.15, 0.2) is 0 Å². The SMILES string of the molecule is COc1ccc2c(c1)[C@H](NS(=O)(=O)c1ccc(OC)c(C)c1C)CC(C)(C)O2. The first-order chi connectivity index (χ1) is 13.1. The van der Waals surface area contributed by atoms with E-state index < -0.39 is 21.7 Å².